The number of hydrogen-bond donors (Lipinski definition) is 1. The third-order valence-electron chi connectivity index (χ3n) is 4.35. The third-order valence-corrected chi connectivity index (χ3v) is 4.35. The van der Waals surface area contributed by atoms with Crippen LogP contribution >= 0.6 is 0 Å². The molecule has 1 N–H and O–H groups in total. The molecule has 0 spiro atoms. The summed E-state index contributed by atoms with van der Waals surface area (Å²) >= 11 is 0. The maximum Gasteiger partial charge on any atom is 0.0942 e. The fourth-order valence-electron chi connectivity index (χ4n) is 3.35. The lowest BCUT2D eigenvalue weighted by Crippen LogP contribution is -2.51. The van der Waals surface area contributed by atoms with E-state index >= 15 is 0 Å². The molecule has 94 valence electrons. The molecular weight excluding hydrogens is 204 g/mol. The Balaban J connectivity index is 2.06. The minimum absolute atomic E-state index is 0.269. The Morgan fingerprint density at radius 1 is 1.44 bits per heavy atom. The molecule has 0 amide bonds. The summed E-state index contributed by atoms with van der Waals surface area (Å²) in [5.41, 5.74) is -0.309. The molecule has 1 heterocycles. The van der Waals surface area contributed by atoms with Crippen molar-refractivity contribution < 1.29 is 14.6 Å². The minimum Gasteiger partial charge on any atom is -0.390 e. The Kier molecular flexibility index (Phi) is 3.88. The van der Waals surface area contributed by atoms with Gasteiger partial charge >= 0.3 is 0 Å². The molecule has 1 aliphatic carbocycles. The Labute approximate surface area is 98.1 Å². The molecule has 4 atom stereocenters. The zero-order valence-electron chi connectivity index (χ0n) is 10.4. The van der Waals surface area contributed by atoms with Gasteiger partial charge in [0.1, 0.15) is 0 Å². The summed E-state index contributed by atoms with van der Waals surface area (Å²) in [7, 11) is 1.75. The van der Waals surface area contributed by atoms with Crippen LogP contribution in [0.1, 0.15) is 39.0 Å². The van der Waals surface area contributed by atoms with Crippen molar-refractivity contribution in [3.8, 4) is 0 Å². The predicted molar refractivity (Wildman–Crippen MR) is 62.3 cm³/mol. The molecule has 0 bridgehead atoms. The van der Waals surface area contributed by atoms with Crippen LogP contribution in [-0.2, 0) is 9.47 Å². The second-order valence-corrected chi connectivity index (χ2v) is 5.54. The molecule has 16 heavy (non-hydrogen) atoms. The number of methoxy groups -OCH3 is 1. The highest BCUT2D eigenvalue weighted by Gasteiger charge is 2.45. The second kappa shape index (κ2) is 5.03. The molecule has 0 aromatic carbocycles. The predicted octanol–water partition coefficient (Wildman–Crippen LogP) is 1.98. The van der Waals surface area contributed by atoms with E-state index in [1.807, 2.05) is 0 Å². The third kappa shape index (κ3) is 2.27. The van der Waals surface area contributed by atoms with Crippen molar-refractivity contribution in [3.05, 3.63) is 0 Å². The summed E-state index contributed by atoms with van der Waals surface area (Å²) in [6.45, 7) is 3.74. The maximum atomic E-state index is 10.5. The van der Waals surface area contributed by atoms with E-state index in [9.17, 15) is 5.11 Å². The van der Waals surface area contributed by atoms with Crippen LogP contribution in [0.25, 0.3) is 0 Å². The van der Waals surface area contributed by atoms with Crippen molar-refractivity contribution in [1.29, 1.82) is 0 Å². The molecule has 1 saturated carbocycles. The molecule has 3 heteroatoms. The van der Waals surface area contributed by atoms with Gasteiger partial charge in [-0.25, -0.2) is 0 Å². The van der Waals surface area contributed by atoms with Gasteiger partial charge in [0.05, 0.1) is 18.3 Å². The molecule has 2 aliphatic rings. The van der Waals surface area contributed by atoms with Crippen LogP contribution in [-0.4, -0.2) is 37.1 Å². The largest absolute Gasteiger partial charge is 0.390 e. The van der Waals surface area contributed by atoms with Gasteiger partial charge in [0.25, 0.3) is 0 Å². The lowest BCUT2D eigenvalue weighted by Gasteiger charge is -2.44. The fraction of sp³-hybridized carbons (Fsp3) is 1.00. The van der Waals surface area contributed by atoms with Crippen LogP contribution in [0.4, 0.5) is 0 Å². The maximum absolute atomic E-state index is 10.5. The van der Waals surface area contributed by atoms with E-state index in [1.54, 1.807) is 7.11 Å². The molecule has 0 radical (unpaired) electrons. The first-order valence-electron chi connectivity index (χ1n) is 6.49. The SMILES string of the molecule is COC1(C(O)C2CCOC2)CCCC(C)C1. The van der Waals surface area contributed by atoms with Crippen molar-refractivity contribution in [2.45, 2.75) is 50.7 Å². The summed E-state index contributed by atoms with van der Waals surface area (Å²) < 4.78 is 11.1. The zero-order chi connectivity index (χ0) is 11.6. The van der Waals surface area contributed by atoms with Gasteiger partial charge < -0.3 is 14.6 Å². The molecule has 0 aromatic rings. The van der Waals surface area contributed by atoms with Gasteiger partial charge in [-0.1, -0.05) is 19.8 Å². The van der Waals surface area contributed by atoms with Crippen LogP contribution in [0.15, 0.2) is 0 Å². The van der Waals surface area contributed by atoms with Crippen molar-refractivity contribution >= 4 is 0 Å². The minimum atomic E-state index is -0.359. The topological polar surface area (TPSA) is 38.7 Å². The normalized spacial score (nSPS) is 42.2. The lowest BCUT2D eigenvalue weighted by atomic mass is 9.72. The molecule has 0 aromatic heterocycles. The Hall–Kier alpha value is -0.120. The smallest absolute Gasteiger partial charge is 0.0942 e. The summed E-state index contributed by atoms with van der Waals surface area (Å²) in [4.78, 5) is 0. The number of ether oxygens (including phenoxy) is 2. The molecule has 3 nitrogen and oxygen atoms in total. The van der Waals surface area contributed by atoms with Gasteiger partial charge in [0.2, 0.25) is 0 Å². The lowest BCUT2D eigenvalue weighted by molar-refractivity contribution is -0.149. The Morgan fingerprint density at radius 2 is 2.25 bits per heavy atom. The zero-order valence-corrected chi connectivity index (χ0v) is 10.4. The summed E-state index contributed by atoms with van der Waals surface area (Å²) in [5.74, 6) is 0.927. The fourth-order valence-corrected chi connectivity index (χ4v) is 3.35. The van der Waals surface area contributed by atoms with Crippen molar-refractivity contribution in [1.82, 2.24) is 0 Å². The van der Waals surface area contributed by atoms with Gasteiger partial charge in [-0.2, -0.15) is 0 Å². The highest BCUT2D eigenvalue weighted by Crippen LogP contribution is 2.40. The van der Waals surface area contributed by atoms with E-state index < -0.39 is 0 Å². The number of aliphatic hydroxyl groups excluding tert-OH is 1. The standard InChI is InChI=1S/C13H24O3/c1-10-4-3-6-13(8-10,15-2)12(14)11-5-7-16-9-11/h10-12,14H,3-9H2,1-2H3. The van der Waals surface area contributed by atoms with Crippen LogP contribution < -0.4 is 0 Å². The van der Waals surface area contributed by atoms with Crippen LogP contribution in [0.5, 0.6) is 0 Å². The highest BCUT2D eigenvalue weighted by atomic mass is 16.5. The first-order chi connectivity index (χ1) is 7.68. The van der Waals surface area contributed by atoms with Gasteiger partial charge in [0, 0.05) is 19.6 Å². The van der Waals surface area contributed by atoms with Gasteiger partial charge in [0.15, 0.2) is 0 Å². The van der Waals surface area contributed by atoms with E-state index in [0.717, 1.165) is 25.9 Å². The quantitative estimate of drug-likeness (QED) is 0.802. The number of rotatable bonds is 3. The van der Waals surface area contributed by atoms with Crippen molar-refractivity contribution in [2.24, 2.45) is 11.8 Å². The van der Waals surface area contributed by atoms with E-state index in [2.05, 4.69) is 6.92 Å². The highest BCUT2D eigenvalue weighted by molar-refractivity contribution is 4.96. The molecule has 4 unspecified atom stereocenters. The molecule has 1 aliphatic heterocycles. The van der Waals surface area contributed by atoms with Crippen molar-refractivity contribution in [3.63, 3.8) is 0 Å². The Morgan fingerprint density at radius 3 is 2.81 bits per heavy atom. The summed E-state index contributed by atoms with van der Waals surface area (Å²) in [6.07, 6.45) is 5.02. The van der Waals surface area contributed by atoms with E-state index in [1.165, 1.54) is 12.8 Å². The van der Waals surface area contributed by atoms with Crippen LogP contribution in [0.3, 0.4) is 0 Å². The van der Waals surface area contributed by atoms with E-state index in [0.29, 0.717) is 12.5 Å². The van der Waals surface area contributed by atoms with E-state index in [-0.39, 0.29) is 17.6 Å². The second-order valence-electron chi connectivity index (χ2n) is 5.54. The van der Waals surface area contributed by atoms with E-state index in [4.69, 9.17) is 9.47 Å². The summed E-state index contributed by atoms with van der Waals surface area (Å²) in [5, 5.41) is 10.5. The molecule has 1 saturated heterocycles. The van der Waals surface area contributed by atoms with Crippen LogP contribution in [0.2, 0.25) is 0 Å². The average Bonchev–Trinajstić information content (AvgIpc) is 2.81. The molecule has 2 fully saturated rings. The number of aliphatic hydroxyl groups is 1. The molecular formula is C13H24O3. The van der Waals surface area contributed by atoms with Gasteiger partial charge in [-0.05, 0) is 25.2 Å². The Bertz CT molecular complexity index is 225. The first-order valence-corrected chi connectivity index (χ1v) is 6.49. The van der Waals surface area contributed by atoms with Crippen LogP contribution in [0, 0.1) is 11.8 Å². The van der Waals surface area contributed by atoms with Gasteiger partial charge in [-0.3, -0.25) is 0 Å². The van der Waals surface area contributed by atoms with Crippen molar-refractivity contribution in [2.75, 3.05) is 20.3 Å². The monoisotopic (exact) mass is 228 g/mol. The van der Waals surface area contributed by atoms with Gasteiger partial charge in [-0.15, -0.1) is 0 Å². The molecule has 2 rings (SSSR count). The number of hydrogen-bond acceptors (Lipinski definition) is 3. The summed E-state index contributed by atoms with van der Waals surface area (Å²) in [6, 6.07) is 0. The average molecular weight is 228 g/mol. The first kappa shape index (κ1) is 12.3.